The molecule has 0 radical (unpaired) electrons. The molecule has 1 aromatic heterocycles. The van der Waals surface area contributed by atoms with Gasteiger partial charge in [0.1, 0.15) is 5.75 Å². The number of aromatic amines is 1. The average molecular weight is 395 g/mol. The van der Waals surface area contributed by atoms with Gasteiger partial charge in [-0.1, -0.05) is 19.3 Å². The second-order valence-corrected chi connectivity index (χ2v) is 6.91. The number of halogens is 1. The molecule has 1 N–H and O–H groups in total. The molecule has 0 amide bonds. The SMILES string of the molecule is COc1ccc(C=Nn2c(C3CCCCC3)n[nH]c2=S)cc1Br. The maximum atomic E-state index is 5.32. The van der Waals surface area contributed by atoms with Crippen molar-refractivity contribution in [2.75, 3.05) is 7.11 Å². The minimum absolute atomic E-state index is 0.441. The Kier molecular flexibility index (Phi) is 5.27. The van der Waals surface area contributed by atoms with Crippen molar-refractivity contribution in [3.8, 4) is 5.75 Å². The first-order valence-corrected chi connectivity index (χ1v) is 8.94. The number of aromatic nitrogens is 3. The molecule has 0 atom stereocenters. The van der Waals surface area contributed by atoms with Crippen LogP contribution < -0.4 is 4.74 Å². The second kappa shape index (κ2) is 7.40. The Morgan fingerprint density at radius 1 is 1.39 bits per heavy atom. The van der Waals surface area contributed by atoms with Gasteiger partial charge in [-0.2, -0.15) is 14.9 Å². The zero-order chi connectivity index (χ0) is 16.2. The summed E-state index contributed by atoms with van der Waals surface area (Å²) in [5.74, 6) is 2.18. The highest BCUT2D eigenvalue weighted by atomic mass is 79.9. The molecule has 0 saturated heterocycles. The number of nitrogens with one attached hydrogen (secondary N) is 1. The minimum atomic E-state index is 0.441. The molecule has 122 valence electrons. The first kappa shape index (κ1) is 16.4. The van der Waals surface area contributed by atoms with Gasteiger partial charge in [0.15, 0.2) is 5.82 Å². The molecule has 0 bridgehead atoms. The van der Waals surface area contributed by atoms with Crippen LogP contribution in [0.1, 0.15) is 49.4 Å². The van der Waals surface area contributed by atoms with Crippen LogP contribution >= 0.6 is 28.1 Å². The molecule has 1 saturated carbocycles. The molecule has 1 aliphatic rings. The van der Waals surface area contributed by atoms with Crippen LogP contribution in [0.3, 0.4) is 0 Å². The molecule has 23 heavy (non-hydrogen) atoms. The van der Waals surface area contributed by atoms with Crippen LogP contribution in [-0.2, 0) is 0 Å². The summed E-state index contributed by atoms with van der Waals surface area (Å²) in [6.07, 6.45) is 7.91. The molecule has 7 heteroatoms. The van der Waals surface area contributed by atoms with Crippen LogP contribution in [0.2, 0.25) is 0 Å². The smallest absolute Gasteiger partial charge is 0.216 e. The summed E-state index contributed by atoms with van der Waals surface area (Å²) in [5.41, 5.74) is 0.968. The van der Waals surface area contributed by atoms with Gasteiger partial charge in [0.2, 0.25) is 4.77 Å². The van der Waals surface area contributed by atoms with Gasteiger partial charge in [-0.15, -0.1) is 0 Å². The van der Waals surface area contributed by atoms with Crippen molar-refractivity contribution in [1.82, 2.24) is 14.9 Å². The van der Waals surface area contributed by atoms with Gasteiger partial charge in [-0.25, -0.2) is 0 Å². The van der Waals surface area contributed by atoms with Crippen LogP contribution in [0.25, 0.3) is 0 Å². The Bertz CT molecular complexity index is 762. The average Bonchev–Trinajstić information content (AvgIpc) is 2.94. The van der Waals surface area contributed by atoms with Gasteiger partial charge in [-0.05, 0) is 64.8 Å². The number of ether oxygens (including phenoxy) is 1. The van der Waals surface area contributed by atoms with Crippen molar-refractivity contribution in [3.63, 3.8) is 0 Å². The van der Waals surface area contributed by atoms with Gasteiger partial charge >= 0.3 is 0 Å². The molecule has 1 fully saturated rings. The second-order valence-electron chi connectivity index (χ2n) is 5.67. The summed E-state index contributed by atoms with van der Waals surface area (Å²) in [6, 6.07) is 5.82. The van der Waals surface area contributed by atoms with E-state index in [-0.39, 0.29) is 0 Å². The summed E-state index contributed by atoms with van der Waals surface area (Å²) in [7, 11) is 1.65. The van der Waals surface area contributed by atoms with E-state index >= 15 is 0 Å². The normalized spacial score (nSPS) is 16.1. The van der Waals surface area contributed by atoms with Crippen molar-refractivity contribution in [2.24, 2.45) is 5.10 Å². The Labute approximate surface area is 148 Å². The maximum Gasteiger partial charge on any atom is 0.216 e. The van der Waals surface area contributed by atoms with Crippen molar-refractivity contribution >= 4 is 34.4 Å². The lowest BCUT2D eigenvalue weighted by molar-refractivity contribution is 0.412. The highest BCUT2D eigenvalue weighted by Crippen LogP contribution is 2.31. The van der Waals surface area contributed by atoms with E-state index in [2.05, 4.69) is 31.2 Å². The molecule has 2 aromatic rings. The van der Waals surface area contributed by atoms with Crippen LogP contribution in [0.15, 0.2) is 27.8 Å². The first-order chi connectivity index (χ1) is 11.2. The summed E-state index contributed by atoms with van der Waals surface area (Å²) in [4.78, 5) is 0. The third-order valence-corrected chi connectivity index (χ3v) is 5.03. The summed E-state index contributed by atoms with van der Waals surface area (Å²) in [5, 5.41) is 11.8. The molecule has 0 unspecified atom stereocenters. The van der Waals surface area contributed by atoms with Crippen molar-refractivity contribution in [3.05, 3.63) is 38.8 Å². The molecular formula is C16H19BrN4OS. The van der Waals surface area contributed by atoms with Gasteiger partial charge in [0, 0.05) is 5.92 Å². The van der Waals surface area contributed by atoms with E-state index in [1.165, 1.54) is 19.3 Å². The molecular weight excluding hydrogens is 376 g/mol. The van der Waals surface area contributed by atoms with Gasteiger partial charge in [0.05, 0.1) is 17.8 Å². The number of benzene rings is 1. The first-order valence-electron chi connectivity index (χ1n) is 7.74. The standard InChI is InChI=1S/C16H19BrN4OS/c1-22-14-8-7-11(9-13(14)17)10-18-21-15(19-20-16(21)23)12-5-3-2-4-6-12/h7-10,12H,2-6H2,1H3,(H,20,23). The van der Waals surface area contributed by atoms with Crippen LogP contribution in [0, 0.1) is 4.77 Å². The van der Waals surface area contributed by atoms with Crippen LogP contribution in [-0.4, -0.2) is 28.2 Å². The van der Waals surface area contributed by atoms with E-state index in [0.29, 0.717) is 10.7 Å². The van der Waals surface area contributed by atoms with Gasteiger partial charge < -0.3 is 4.74 Å². The molecule has 1 heterocycles. The Balaban J connectivity index is 1.86. The molecule has 5 nitrogen and oxygen atoms in total. The number of hydrogen-bond donors (Lipinski definition) is 1. The molecule has 1 aliphatic carbocycles. The number of H-pyrrole nitrogens is 1. The molecule has 3 rings (SSSR count). The van der Waals surface area contributed by atoms with Crippen LogP contribution in [0.5, 0.6) is 5.75 Å². The van der Waals surface area contributed by atoms with Crippen molar-refractivity contribution in [1.29, 1.82) is 0 Å². The number of methoxy groups -OCH3 is 1. The maximum absolute atomic E-state index is 5.32. The number of rotatable bonds is 4. The van der Waals surface area contributed by atoms with Crippen LogP contribution in [0.4, 0.5) is 0 Å². The highest BCUT2D eigenvalue weighted by molar-refractivity contribution is 9.10. The summed E-state index contributed by atoms with van der Waals surface area (Å²) >= 11 is 8.81. The van der Waals surface area contributed by atoms with E-state index in [4.69, 9.17) is 17.0 Å². The number of nitrogens with zero attached hydrogens (tertiary/aromatic N) is 3. The monoisotopic (exact) mass is 394 g/mol. The summed E-state index contributed by atoms with van der Waals surface area (Å²) < 4.78 is 8.43. The quantitative estimate of drug-likeness (QED) is 0.606. The number of hydrogen-bond acceptors (Lipinski definition) is 4. The molecule has 0 spiro atoms. The van der Waals surface area contributed by atoms with Gasteiger partial charge in [0.25, 0.3) is 0 Å². The minimum Gasteiger partial charge on any atom is -0.496 e. The predicted molar refractivity (Wildman–Crippen MR) is 96.9 cm³/mol. The Hall–Kier alpha value is -1.47. The van der Waals surface area contributed by atoms with E-state index in [9.17, 15) is 0 Å². The van der Waals surface area contributed by atoms with E-state index < -0.39 is 0 Å². The lowest BCUT2D eigenvalue weighted by Crippen LogP contribution is -2.10. The third-order valence-electron chi connectivity index (χ3n) is 4.14. The topological polar surface area (TPSA) is 55.2 Å². The molecule has 1 aromatic carbocycles. The van der Waals surface area contributed by atoms with Crippen molar-refractivity contribution < 1.29 is 4.74 Å². The fourth-order valence-corrected chi connectivity index (χ4v) is 3.67. The zero-order valence-electron chi connectivity index (χ0n) is 13.0. The zero-order valence-corrected chi connectivity index (χ0v) is 15.4. The third kappa shape index (κ3) is 3.72. The molecule has 0 aliphatic heterocycles. The Morgan fingerprint density at radius 3 is 2.87 bits per heavy atom. The predicted octanol–water partition coefficient (Wildman–Crippen LogP) is 4.64. The van der Waals surface area contributed by atoms with E-state index in [1.54, 1.807) is 18.0 Å². The van der Waals surface area contributed by atoms with Gasteiger partial charge in [-0.3, -0.25) is 5.10 Å². The lowest BCUT2D eigenvalue weighted by atomic mass is 9.89. The lowest BCUT2D eigenvalue weighted by Gasteiger charge is -2.19. The Morgan fingerprint density at radius 2 is 2.17 bits per heavy atom. The van der Waals surface area contributed by atoms with E-state index in [1.807, 2.05) is 18.2 Å². The fraction of sp³-hybridized carbons (Fsp3) is 0.438. The van der Waals surface area contributed by atoms with E-state index in [0.717, 1.165) is 34.5 Å². The summed E-state index contributed by atoms with van der Waals surface area (Å²) in [6.45, 7) is 0. The fourth-order valence-electron chi connectivity index (χ4n) is 2.93. The largest absolute Gasteiger partial charge is 0.496 e. The highest BCUT2D eigenvalue weighted by Gasteiger charge is 2.21. The van der Waals surface area contributed by atoms with Crippen molar-refractivity contribution in [2.45, 2.75) is 38.0 Å².